The van der Waals surface area contributed by atoms with E-state index in [1.54, 1.807) is 26.0 Å². The Morgan fingerprint density at radius 1 is 1.14 bits per heavy atom. The summed E-state index contributed by atoms with van der Waals surface area (Å²) in [4.78, 5) is 0.0803. The number of hydrogen-bond donors (Lipinski definition) is 1. The zero-order valence-electron chi connectivity index (χ0n) is 12.2. The van der Waals surface area contributed by atoms with Crippen molar-refractivity contribution in [2.75, 3.05) is 0 Å². The normalized spacial score (nSPS) is 11.9. The van der Waals surface area contributed by atoms with E-state index in [-0.39, 0.29) is 4.90 Å². The van der Waals surface area contributed by atoms with Gasteiger partial charge in [-0.1, -0.05) is 34.1 Å². The molecular weight excluding hydrogens is 364 g/mol. The zero-order chi connectivity index (χ0) is 16.4. The maximum atomic E-state index is 12.5. The Labute approximate surface area is 139 Å². The van der Waals surface area contributed by atoms with E-state index >= 15 is 0 Å². The highest BCUT2D eigenvalue weighted by Crippen LogP contribution is 2.25. The van der Waals surface area contributed by atoms with Crippen LogP contribution in [0.2, 0.25) is 0 Å². The highest BCUT2D eigenvalue weighted by molar-refractivity contribution is 9.10. The third kappa shape index (κ3) is 3.74. The average molecular weight is 379 g/mol. The number of nitrogens with zero attached hydrogens (tertiary/aromatic N) is 1. The molecule has 0 bridgehead atoms. The van der Waals surface area contributed by atoms with E-state index in [1.165, 1.54) is 12.1 Å². The molecule has 0 saturated heterocycles. The second kappa shape index (κ2) is 6.21. The Balaban J connectivity index is 2.34. The molecule has 0 fully saturated rings. The lowest BCUT2D eigenvalue weighted by Gasteiger charge is -2.26. The summed E-state index contributed by atoms with van der Waals surface area (Å²) < 4.78 is 28.7. The number of rotatable bonds is 4. The lowest BCUT2D eigenvalue weighted by Crippen LogP contribution is -2.40. The highest BCUT2D eigenvalue weighted by atomic mass is 79.9. The van der Waals surface area contributed by atoms with E-state index < -0.39 is 15.6 Å². The minimum absolute atomic E-state index is 0.0803. The Morgan fingerprint density at radius 2 is 1.77 bits per heavy atom. The van der Waals surface area contributed by atoms with Gasteiger partial charge < -0.3 is 0 Å². The molecule has 2 aromatic rings. The van der Waals surface area contributed by atoms with E-state index in [0.29, 0.717) is 5.56 Å². The monoisotopic (exact) mass is 378 g/mol. The number of sulfonamides is 1. The minimum Gasteiger partial charge on any atom is -0.207 e. The molecule has 1 N–H and O–H groups in total. The van der Waals surface area contributed by atoms with Crippen molar-refractivity contribution in [3.63, 3.8) is 0 Å². The molecule has 0 saturated carbocycles. The molecule has 2 aromatic carbocycles. The summed E-state index contributed by atoms with van der Waals surface area (Å²) in [5, 5.41) is 8.89. The van der Waals surface area contributed by atoms with Gasteiger partial charge in [0.1, 0.15) is 0 Å². The minimum atomic E-state index is -3.72. The fourth-order valence-electron chi connectivity index (χ4n) is 2.05. The number of nitriles is 1. The van der Waals surface area contributed by atoms with Crippen molar-refractivity contribution in [3.8, 4) is 6.07 Å². The van der Waals surface area contributed by atoms with Crippen LogP contribution in [0.3, 0.4) is 0 Å². The van der Waals surface area contributed by atoms with Crippen LogP contribution in [0, 0.1) is 11.3 Å². The van der Waals surface area contributed by atoms with Crippen molar-refractivity contribution < 1.29 is 8.42 Å². The topological polar surface area (TPSA) is 70.0 Å². The third-order valence-electron chi connectivity index (χ3n) is 3.23. The van der Waals surface area contributed by atoms with Crippen molar-refractivity contribution in [1.29, 1.82) is 5.26 Å². The summed E-state index contributed by atoms with van der Waals surface area (Å²) in [6.45, 7) is 3.59. The van der Waals surface area contributed by atoms with E-state index in [1.807, 2.05) is 30.3 Å². The Morgan fingerprint density at radius 3 is 2.36 bits per heavy atom. The van der Waals surface area contributed by atoms with Crippen molar-refractivity contribution in [3.05, 3.63) is 64.1 Å². The lowest BCUT2D eigenvalue weighted by atomic mass is 9.96. The summed E-state index contributed by atoms with van der Waals surface area (Å²) in [5.41, 5.74) is 0.377. The van der Waals surface area contributed by atoms with Crippen molar-refractivity contribution in [2.24, 2.45) is 0 Å². The summed E-state index contributed by atoms with van der Waals surface area (Å²) in [7, 11) is -3.72. The van der Waals surface area contributed by atoms with E-state index in [2.05, 4.69) is 20.7 Å². The molecule has 0 aromatic heterocycles. The van der Waals surface area contributed by atoms with Crippen LogP contribution in [0.1, 0.15) is 25.0 Å². The molecule has 0 radical (unpaired) electrons. The van der Waals surface area contributed by atoms with E-state index in [9.17, 15) is 8.42 Å². The fourth-order valence-corrected chi connectivity index (χ4v) is 3.76. The molecule has 0 atom stereocenters. The molecule has 0 aliphatic carbocycles. The fraction of sp³-hybridized carbons (Fsp3) is 0.188. The van der Waals surface area contributed by atoms with Gasteiger partial charge in [0.15, 0.2) is 0 Å². The molecule has 0 amide bonds. The standard InChI is InChI=1S/C16H15BrN2O2S/c1-16(2,13-6-8-14(17)9-7-13)19-22(20,21)15-5-3-4-12(10-15)11-18/h3-10,19H,1-2H3. The lowest BCUT2D eigenvalue weighted by molar-refractivity contribution is 0.472. The smallest absolute Gasteiger partial charge is 0.207 e. The highest BCUT2D eigenvalue weighted by Gasteiger charge is 2.28. The molecule has 0 unspecified atom stereocenters. The summed E-state index contributed by atoms with van der Waals surface area (Å²) in [5.74, 6) is 0. The van der Waals surface area contributed by atoms with Gasteiger partial charge in [-0.25, -0.2) is 13.1 Å². The maximum absolute atomic E-state index is 12.5. The first-order chi connectivity index (χ1) is 10.2. The summed E-state index contributed by atoms with van der Waals surface area (Å²) in [6, 6.07) is 15.3. The van der Waals surface area contributed by atoms with Crippen LogP contribution >= 0.6 is 15.9 Å². The van der Waals surface area contributed by atoms with Crippen molar-refractivity contribution in [2.45, 2.75) is 24.3 Å². The predicted octanol–water partition coefficient (Wildman–Crippen LogP) is 3.53. The van der Waals surface area contributed by atoms with Crippen molar-refractivity contribution >= 4 is 26.0 Å². The Kier molecular flexibility index (Phi) is 4.71. The summed E-state index contributed by atoms with van der Waals surface area (Å²) in [6.07, 6.45) is 0. The van der Waals surface area contributed by atoms with Crippen LogP contribution in [0.15, 0.2) is 57.9 Å². The quantitative estimate of drug-likeness (QED) is 0.884. The van der Waals surface area contributed by atoms with Crippen LogP contribution < -0.4 is 4.72 Å². The average Bonchev–Trinajstić information content (AvgIpc) is 2.46. The molecular formula is C16H15BrN2O2S. The number of hydrogen-bond acceptors (Lipinski definition) is 3. The molecule has 0 aliphatic heterocycles. The van der Waals surface area contributed by atoms with E-state index in [4.69, 9.17) is 5.26 Å². The zero-order valence-corrected chi connectivity index (χ0v) is 14.6. The number of nitrogens with one attached hydrogen (secondary N) is 1. The second-order valence-electron chi connectivity index (χ2n) is 5.38. The molecule has 4 nitrogen and oxygen atoms in total. The predicted molar refractivity (Wildman–Crippen MR) is 88.6 cm³/mol. The molecule has 6 heteroatoms. The van der Waals surface area contributed by atoms with Gasteiger partial charge in [0.25, 0.3) is 0 Å². The van der Waals surface area contributed by atoms with Crippen LogP contribution in [0.5, 0.6) is 0 Å². The molecule has 0 heterocycles. The van der Waals surface area contributed by atoms with Gasteiger partial charge in [-0.15, -0.1) is 0 Å². The van der Waals surface area contributed by atoms with Gasteiger partial charge in [-0.2, -0.15) is 5.26 Å². The number of benzene rings is 2. The first kappa shape index (κ1) is 16.7. The molecule has 2 rings (SSSR count). The van der Waals surface area contributed by atoms with Crippen LogP contribution in [-0.4, -0.2) is 8.42 Å². The van der Waals surface area contributed by atoms with Gasteiger partial charge in [0.05, 0.1) is 22.1 Å². The molecule has 0 aliphatic rings. The second-order valence-corrected chi connectivity index (χ2v) is 7.98. The van der Waals surface area contributed by atoms with Gasteiger partial charge >= 0.3 is 0 Å². The largest absolute Gasteiger partial charge is 0.241 e. The van der Waals surface area contributed by atoms with Crippen LogP contribution in [0.4, 0.5) is 0 Å². The first-order valence-corrected chi connectivity index (χ1v) is 8.82. The van der Waals surface area contributed by atoms with Gasteiger partial charge in [-0.05, 0) is 49.7 Å². The first-order valence-electron chi connectivity index (χ1n) is 6.55. The molecule has 0 spiro atoms. The maximum Gasteiger partial charge on any atom is 0.241 e. The summed E-state index contributed by atoms with van der Waals surface area (Å²) >= 11 is 3.36. The van der Waals surface area contributed by atoms with Gasteiger partial charge in [0.2, 0.25) is 10.0 Å². The molecule has 22 heavy (non-hydrogen) atoms. The Bertz CT molecular complexity index is 822. The SMILES string of the molecule is CC(C)(NS(=O)(=O)c1cccc(C#N)c1)c1ccc(Br)cc1. The van der Waals surface area contributed by atoms with Crippen LogP contribution in [-0.2, 0) is 15.6 Å². The van der Waals surface area contributed by atoms with Gasteiger partial charge in [-0.3, -0.25) is 0 Å². The van der Waals surface area contributed by atoms with Gasteiger partial charge in [0, 0.05) is 4.47 Å². The van der Waals surface area contributed by atoms with E-state index in [0.717, 1.165) is 10.0 Å². The molecule has 114 valence electrons. The number of halogens is 1. The Hall–Kier alpha value is -1.68. The van der Waals surface area contributed by atoms with Crippen LogP contribution in [0.25, 0.3) is 0 Å². The third-order valence-corrected chi connectivity index (χ3v) is 5.41. The van der Waals surface area contributed by atoms with Crippen molar-refractivity contribution in [1.82, 2.24) is 4.72 Å².